The van der Waals surface area contributed by atoms with Gasteiger partial charge in [-0.25, -0.2) is 4.39 Å². The van der Waals surface area contributed by atoms with E-state index >= 15 is 0 Å². The molecule has 0 saturated heterocycles. The van der Waals surface area contributed by atoms with Gasteiger partial charge < -0.3 is 9.88 Å². The lowest BCUT2D eigenvalue weighted by atomic mass is 10.2. The number of halogens is 1. The van der Waals surface area contributed by atoms with E-state index in [0.717, 1.165) is 5.69 Å². The molecular formula is C16H16FN3O. The van der Waals surface area contributed by atoms with Crippen molar-refractivity contribution in [3.05, 3.63) is 53.1 Å². The van der Waals surface area contributed by atoms with E-state index in [1.165, 1.54) is 6.07 Å². The van der Waals surface area contributed by atoms with Gasteiger partial charge in [0.1, 0.15) is 11.9 Å². The first kappa shape index (κ1) is 14.8. The zero-order valence-corrected chi connectivity index (χ0v) is 12.1. The van der Waals surface area contributed by atoms with Gasteiger partial charge in [0.05, 0.1) is 17.3 Å². The topological polar surface area (TPSA) is 57.8 Å². The van der Waals surface area contributed by atoms with E-state index in [1.54, 1.807) is 42.7 Å². The highest BCUT2D eigenvalue weighted by Crippen LogP contribution is 2.22. The molecule has 21 heavy (non-hydrogen) atoms. The lowest BCUT2D eigenvalue weighted by molar-refractivity contribution is 0.0947. The van der Waals surface area contributed by atoms with Crippen molar-refractivity contribution in [2.45, 2.75) is 26.8 Å². The van der Waals surface area contributed by atoms with E-state index in [1.807, 2.05) is 13.0 Å². The van der Waals surface area contributed by atoms with E-state index in [2.05, 4.69) is 5.32 Å². The van der Waals surface area contributed by atoms with Crippen molar-refractivity contribution >= 4 is 5.91 Å². The van der Waals surface area contributed by atoms with Gasteiger partial charge >= 0.3 is 0 Å². The Morgan fingerprint density at radius 1 is 1.38 bits per heavy atom. The lowest BCUT2D eigenvalue weighted by Gasteiger charge is -2.11. The minimum absolute atomic E-state index is 0.334. The number of hydrogen-bond donors (Lipinski definition) is 1. The second-order valence-electron chi connectivity index (χ2n) is 4.90. The van der Waals surface area contributed by atoms with Crippen LogP contribution in [0.15, 0.2) is 30.3 Å². The second-order valence-corrected chi connectivity index (χ2v) is 4.90. The molecule has 2 rings (SSSR count). The smallest absolute Gasteiger partial charge is 0.254 e. The van der Waals surface area contributed by atoms with Crippen LogP contribution in [0.5, 0.6) is 0 Å². The summed E-state index contributed by atoms with van der Waals surface area (Å²) < 4.78 is 15.6. The minimum atomic E-state index is -0.575. The third-order valence-electron chi connectivity index (χ3n) is 3.31. The summed E-state index contributed by atoms with van der Waals surface area (Å²) in [7, 11) is 0. The van der Waals surface area contributed by atoms with Crippen molar-refractivity contribution in [2.75, 3.05) is 0 Å². The molecule has 1 N–H and O–H groups in total. The number of nitrogens with zero attached hydrogens (tertiary/aromatic N) is 2. The van der Waals surface area contributed by atoms with Gasteiger partial charge in [0.2, 0.25) is 0 Å². The summed E-state index contributed by atoms with van der Waals surface area (Å²) in [4.78, 5) is 12.1. The highest BCUT2D eigenvalue weighted by atomic mass is 19.1. The van der Waals surface area contributed by atoms with Crippen LogP contribution in [0.1, 0.15) is 28.7 Å². The Balaban J connectivity index is 2.46. The zero-order chi connectivity index (χ0) is 15.6. The number of hydrogen-bond acceptors (Lipinski definition) is 2. The van der Waals surface area contributed by atoms with Crippen LogP contribution >= 0.6 is 0 Å². The highest BCUT2D eigenvalue weighted by Gasteiger charge is 2.19. The van der Waals surface area contributed by atoms with Crippen molar-refractivity contribution in [1.82, 2.24) is 9.88 Å². The number of nitriles is 1. The van der Waals surface area contributed by atoms with Crippen LogP contribution in [0, 0.1) is 31.0 Å². The van der Waals surface area contributed by atoms with Crippen molar-refractivity contribution < 1.29 is 9.18 Å². The minimum Gasteiger partial charge on any atom is -0.336 e. The number of nitrogens with one attached hydrogen (secondary N) is 1. The first-order valence-electron chi connectivity index (χ1n) is 6.60. The molecule has 4 nitrogen and oxygen atoms in total. The quantitative estimate of drug-likeness (QED) is 0.942. The standard InChI is InChI=1S/C16H16FN3O/c1-10(9-18)19-16(21)13-8-11(2)20(12(13)3)15-7-5-4-6-14(15)17/h4-8,10H,1-3H3,(H,19,21). The fourth-order valence-corrected chi connectivity index (χ4v) is 2.30. The Bertz CT molecular complexity index is 728. The highest BCUT2D eigenvalue weighted by molar-refractivity contribution is 5.96. The van der Waals surface area contributed by atoms with Gasteiger partial charge in [-0.3, -0.25) is 4.79 Å². The van der Waals surface area contributed by atoms with Gasteiger partial charge in [-0.05, 0) is 39.0 Å². The predicted octanol–water partition coefficient (Wildman–Crippen LogP) is 2.88. The van der Waals surface area contributed by atoms with Crippen LogP contribution in [0.25, 0.3) is 5.69 Å². The molecule has 1 unspecified atom stereocenters. The summed E-state index contributed by atoms with van der Waals surface area (Å²) >= 11 is 0. The van der Waals surface area contributed by atoms with Gasteiger partial charge in [0.15, 0.2) is 0 Å². The Kier molecular flexibility index (Phi) is 4.08. The summed E-state index contributed by atoms with van der Waals surface area (Å²) in [6.07, 6.45) is 0. The molecule has 0 bridgehead atoms. The van der Waals surface area contributed by atoms with Gasteiger partial charge in [-0.1, -0.05) is 12.1 Å². The van der Waals surface area contributed by atoms with Gasteiger partial charge in [0.25, 0.3) is 5.91 Å². The molecule has 2 aromatic rings. The molecule has 0 radical (unpaired) electrons. The summed E-state index contributed by atoms with van der Waals surface area (Å²) in [5, 5.41) is 11.3. The number of amides is 1. The Morgan fingerprint density at radius 3 is 2.67 bits per heavy atom. The van der Waals surface area contributed by atoms with Crippen molar-refractivity contribution in [3.63, 3.8) is 0 Å². The van der Waals surface area contributed by atoms with Crippen LogP contribution in [-0.2, 0) is 0 Å². The summed E-state index contributed by atoms with van der Waals surface area (Å²) in [5.74, 6) is -0.684. The van der Waals surface area contributed by atoms with E-state index in [0.29, 0.717) is 16.9 Å². The molecule has 108 valence electrons. The number of aryl methyl sites for hydroxylation is 1. The van der Waals surface area contributed by atoms with Crippen molar-refractivity contribution in [2.24, 2.45) is 0 Å². The largest absolute Gasteiger partial charge is 0.336 e. The summed E-state index contributed by atoms with van der Waals surface area (Å²) in [6.45, 7) is 5.17. The number of rotatable bonds is 3. The van der Waals surface area contributed by atoms with Crippen LogP contribution < -0.4 is 5.32 Å². The molecule has 1 atom stereocenters. The summed E-state index contributed by atoms with van der Waals surface area (Å²) in [6, 6.07) is 9.48. The van der Waals surface area contributed by atoms with E-state index in [9.17, 15) is 9.18 Å². The number of aromatic nitrogens is 1. The van der Waals surface area contributed by atoms with E-state index in [4.69, 9.17) is 5.26 Å². The molecule has 0 aliphatic rings. The molecule has 0 aliphatic carbocycles. The second kappa shape index (κ2) is 5.80. The first-order valence-corrected chi connectivity index (χ1v) is 6.60. The fraction of sp³-hybridized carbons (Fsp3) is 0.250. The third-order valence-corrected chi connectivity index (χ3v) is 3.31. The van der Waals surface area contributed by atoms with E-state index < -0.39 is 6.04 Å². The molecule has 1 aromatic carbocycles. The molecule has 0 spiro atoms. The van der Waals surface area contributed by atoms with Crippen LogP contribution in [-0.4, -0.2) is 16.5 Å². The van der Waals surface area contributed by atoms with Crippen molar-refractivity contribution in [1.29, 1.82) is 5.26 Å². The Morgan fingerprint density at radius 2 is 2.05 bits per heavy atom. The molecular weight excluding hydrogens is 269 g/mol. The van der Waals surface area contributed by atoms with Crippen molar-refractivity contribution in [3.8, 4) is 11.8 Å². The number of para-hydroxylation sites is 1. The van der Waals surface area contributed by atoms with Gasteiger partial charge in [-0.15, -0.1) is 0 Å². The maximum atomic E-state index is 13.9. The van der Waals surface area contributed by atoms with E-state index in [-0.39, 0.29) is 11.7 Å². The van der Waals surface area contributed by atoms with Crippen LogP contribution in [0.3, 0.4) is 0 Å². The molecule has 5 heteroatoms. The third kappa shape index (κ3) is 2.79. The monoisotopic (exact) mass is 285 g/mol. The van der Waals surface area contributed by atoms with Gasteiger partial charge in [-0.2, -0.15) is 5.26 Å². The normalized spacial score (nSPS) is 11.8. The first-order chi connectivity index (χ1) is 9.95. The molecule has 1 amide bonds. The van der Waals surface area contributed by atoms with Crippen LogP contribution in [0.4, 0.5) is 4.39 Å². The SMILES string of the molecule is Cc1cc(C(=O)NC(C)C#N)c(C)n1-c1ccccc1F. The molecule has 0 fully saturated rings. The average molecular weight is 285 g/mol. The van der Waals surface area contributed by atoms with Crippen LogP contribution in [0.2, 0.25) is 0 Å². The molecule has 1 heterocycles. The molecule has 1 aromatic heterocycles. The Labute approximate surface area is 122 Å². The lowest BCUT2D eigenvalue weighted by Crippen LogP contribution is -2.31. The fourth-order valence-electron chi connectivity index (χ4n) is 2.30. The number of carbonyl (C=O) groups is 1. The number of carbonyl (C=O) groups excluding carboxylic acids is 1. The molecule has 0 saturated carbocycles. The zero-order valence-electron chi connectivity index (χ0n) is 12.1. The van der Waals surface area contributed by atoms with Gasteiger partial charge in [0, 0.05) is 11.4 Å². The average Bonchev–Trinajstić information content (AvgIpc) is 2.75. The predicted molar refractivity (Wildman–Crippen MR) is 77.7 cm³/mol. The Hall–Kier alpha value is -2.61. The molecule has 0 aliphatic heterocycles. The maximum Gasteiger partial charge on any atom is 0.254 e. The number of benzene rings is 1. The summed E-state index contributed by atoms with van der Waals surface area (Å²) in [5.41, 5.74) is 2.24. The maximum absolute atomic E-state index is 13.9.